The van der Waals surface area contributed by atoms with E-state index in [0.717, 1.165) is 75.2 Å². The van der Waals surface area contributed by atoms with Crippen LogP contribution >= 0.6 is 0 Å². The molecule has 5 heterocycles. The Balaban J connectivity index is 0.00000432. The average molecular weight is 706 g/mol. The Hall–Kier alpha value is -4.44. The number of allylic oxidation sites excluding steroid dienone is 4. The van der Waals surface area contributed by atoms with Gasteiger partial charge in [0, 0.05) is 0 Å². The number of aryl methyl sites for hydroxylation is 6. The van der Waals surface area contributed by atoms with E-state index in [0.29, 0.717) is 0 Å². The molecule has 0 amide bonds. The number of fused-ring (bicyclic) bond motifs is 8. The fourth-order valence-electron chi connectivity index (χ4n) is 7.57. The fraction of sp³-hybridized carbons (Fsp3) is 0.289. The number of hydrogen-bond acceptors (Lipinski definition) is 2. The first-order chi connectivity index (χ1) is 23.5. The van der Waals surface area contributed by atoms with Crippen LogP contribution in [0, 0.1) is 34.6 Å². The van der Waals surface area contributed by atoms with E-state index in [1.165, 1.54) is 66.8 Å². The molecule has 5 aromatic rings. The SMILES string of the molecule is CCC1=C(C)c2nc1cc1[n-]c(cc3nc(c(-c4ccc(C)cc4)c4[n-]c(c(C)c4C)c2Cc2ccc(C)cc2)C(C)=C3C)c(C)c1CC.[Cu+2]. The molecule has 0 fully saturated rings. The molecule has 7 rings (SSSR count). The quantitative estimate of drug-likeness (QED) is 0.171. The molecule has 257 valence electrons. The minimum Gasteiger partial charge on any atom is -0.657 e. The van der Waals surface area contributed by atoms with Crippen molar-refractivity contribution in [2.24, 2.45) is 0 Å². The molecule has 2 aromatic carbocycles. The summed E-state index contributed by atoms with van der Waals surface area (Å²) in [6.07, 6.45) is 2.53. The van der Waals surface area contributed by atoms with Gasteiger partial charge in [0.1, 0.15) is 0 Å². The molecule has 5 heteroatoms. The van der Waals surface area contributed by atoms with Crippen molar-refractivity contribution >= 4 is 44.4 Å². The van der Waals surface area contributed by atoms with E-state index < -0.39 is 0 Å². The molecule has 0 N–H and O–H groups in total. The van der Waals surface area contributed by atoms with Crippen LogP contribution in [0.15, 0.2) is 60.7 Å². The molecule has 0 spiro atoms. The zero-order valence-electron chi connectivity index (χ0n) is 31.0. The molecule has 0 atom stereocenters. The van der Waals surface area contributed by atoms with Gasteiger partial charge in [0.15, 0.2) is 0 Å². The molecule has 50 heavy (non-hydrogen) atoms. The summed E-state index contributed by atoms with van der Waals surface area (Å²) in [4.78, 5) is 21.7. The van der Waals surface area contributed by atoms with Crippen molar-refractivity contribution in [3.63, 3.8) is 0 Å². The molecule has 8 bridgehead atoms. The molecule has 1 radical (unpaired) electrons. The molecule has 2 aliphatic heterocycles. The number of hydrogen-bond donors (Lipinski definition) is 0. The summed E-state index contributed by atoms with van der Waals surface area (Å²) >= 11 is 0. The molecule has 0 aliphatic carbocycles. The van der Waals surface area contributed by atoms with Crippen molar-refractivity contribution in [1.82, 2.24) is 19.9 Å². The Morgan fingerprint density at radius 1 is 0.540 bits per heavy atom. The van der Waals surface area contributed by atoms with Crippen LogP contribution in [0.5, 0.6) is 0 Å². The van der Waals surface area contributed by atoms with Crippen molar-refractivity contribution in [3.8, 4) is 11.1 Å². The molecule has 3 aromatic heterocycles. The van der Waals surface area contributed by atoms with Gasteiger partial charge in [-0.1, -0.05) is 108 Å². The zero-order chi connectivity index (χ0) is 34.7. The molecule has 0 saturated heterocycles. The van der Waals surface area contributed by atoms with Gasteiger partial charge >= 0.3 is 17.1 Å². The first kappa shape index (κ1) is 35.4. The maximum absolute atomic E-state index is 5.61. The largest absolute Gasteiger partial charge is 2.00 e. The van der Waals surface area contributed by atoms with Gasteiger partial charge < -0.3 is 9.97 Å². The molecule has 0 saturated carbocycles. The van der Waals surface area contributed by atoms with Crippen LogP contribution in [0.25, 0.3) is 55.5 Å². The summed E-state index contributed by atoms with van der Waals surface area (Å²) in [7, 11) is 0. The topological polar surface area (TPSA) is 54.0 Å². The Morgan fingerprint density at radius 2 is 1.14 bits per heavy atom. The second-order valence-electron chi connectivity index (χ2n) is 14.0. The molecule has 4 nitrogen and oxygen atoms in total. The first-order valence-corrected chi connectivity index (χ1v) is 17.7. The molecule has 0 unspecified atom stereocenters. The standard InChI is InChI=1S/C45H46N4.Cu/c1-11-34-30(9)38-22-37-26(5)27(6)44(47-37)41(33-19-15-25(4)16-20-33)45-29(8)28(7)42(49-45)36(21-32-17-13-24(3)14-18-32)43-31(10)35(12-2)40(48-43)23-39(34)46-38;/h13-20,22-23H,11-12,21H2,1-10H3;/q-2;+2. The van der Waals surface area contributed by atoms with Crippen molar-refractivity contribution in [1.29, 1.82) is 0 Å². The van der Waals surface area contributed by atoms with Gasteiger partial charge in [-0.3, -0.25) is 0 Å². The first-order valence-electron chi connectivity index (χ1n) is 17.7. The number of nitrogens with zero attached hydrogens (tertiary/aromatic N) is 4. The Labute approximate surface area is 307 Å². The van der Waals surface area contributed by atoms with E-state index in [9.17, 15) is 0 Å². The van der Waals surface area contributed by atoms with Crippen LogP contribution in [0.4, 0.5) is 0 Å². The predicted octanol–water partition coefficient (Wildman–Crippen LogP) is 11.2. The Bertz CT molecular complexity index is 2380. The van der Waals surface area contributed by atoms with Crippen molar-refractivity contribution in [2.45, 2.75) is 88.5 Å². The van der Waals surface area contributed by atoms with Crippen LogP contribution in [0.1, 0.15) is 108 Å². The fourth-order valence-corrected chi connectivity index (χ4v) is 7.57. The van der Waals surface area contributed by atoms with Gasteiger partial charge in [-0.25, -0.2) is 9.97 Å². The molecular formula is C45H46CuN4. The maximum Gasteiger partial charge on any atom is 2.00 e. The predicted molar refractivity (Wildman–Crippen MR) is 208 cm³/mol. The van der Waals surface area contributed by atoms with Crippen molar-refractivity contribution < 1.29 is 17.1 Å². The third-order valence-corrected chi connectivity index (χ3v) is 10.9. The van der Waals surface area contributed by atoms with E-state index in [4.69, 9.17) is 19.9 Å². The number of benzene rings is 2. The van der Waals surface area contributed by atoms with E-state index in [1.807, 2.05) is 0 Å². The van der Waals surface area contributed by atoms with Gasteiger partial charge in [0.05, 0.1) is 22.8 Å². The van der Waals surface area contributed by atoms with Crippen LogP contribution < -0.4 is 9.97 Å². The minimum atomic E-state index is 0. The van der Waals surface area contributed by atoms with Crippen molar-refractivity contribution in [3.05, 3.63) is 128 Å². The van der Waals surface area contributed by atoms with E-state index in [2.05, 4.69) is 130 Å². The van der Waals surface area contributed by atoms with Crippen LogP contribution in [-0.2, 0) is 29.9 Å². The summed E-state index contributed by atoms with van der Waals surface area (Å²) in [5, 5.41) is 0. The number of aromatic nitrogens is 4. The summed E-state index contributed by atoms with van der Waals surface area (Å²) in [5.41, 5.74) is 24.8. The Morgan fingerprint density at radius 3 is 1.78 bits per heavy atom. The Kier molecular flexibility index (Phi) is 9.70. The minimum absolute atomic E-state index is 0. The summed E-state index contributed by atoms with van der Waals surface area (Å²) in [5.74, 6) is 0. The number of rotatable bonds is 5. The monoisotopic (exact) mass is 705 g/mol. The second-order valence-corrected chi connectivity index (χ2v) is 14.0. The van der Waals surface area contributed by atoms with Gasteiger partial charge in [-0.15, -0.1) is 22.1 Å². The third kappa shape index (κ3) is 5.91. The summed E-state index contributed by atoms with van der Waals surface area (Å²) < 4.78 is 0. The van der Waals surface area contributed by atoms with Crippen molar-refractivity contribution in [2.75, 3.05) is 0 Å². The smallest absolute Gasteiger partial charge is 0.657 e. The van der Waals surface area contributed by atoms with Gasteiger partial charge in [0.2, 0.25) is 0 Å². The zero-order valence-corrected chi connectivity index (χ0v) is 31.9. The molecular weight excluding hydrogens is 660 g/mol. The average Bonchev–Trinajstić information content (AvgIpc) is 3.75. The van der Waals surface area contributed by atoms with Crippen LogP contribution in [-0.4, -0.2) is 9.97 Å². The molecule has 2 aliphatic rings. The summed E-state index contributed by atoms with van der Waals surface area (Å²) in [6.45, 7) is 22.0. The van der Waals surface area contributed by atoms with E-state index >= 15 is 0 Å². The van der Waals surface area contributed by atoms with Gasteiger partial charge in [-0.2, -0.15) is 0 Å². The van der Waals surface area contributed by atoms with Gasteiger partial charge in [0.25, 0.3) is 0 Å². The van der Waals surface area contributed by atoms with Crippen LogP contribution in [0.2, 0.25) is 0 Å². The maximum atomic E-state index is 5.61. The van der Waals surface area contributed by atoms with Gasteiger partial charge in [-0.05, 0) is 119 Å². The van der Waals surface area contributed by atoms with E-state index in [1.54, 1.807) is 0 Å². The third-order valence-electron chi connectivity index (χ3n) is 10.9. The normalized spacial score (nSPS) is 12.9. The van der Waals surface area contributed by atoms with Crippen LogP contribution in [0.3, 0.4) is 0 Å². The van der Waals surface area contributed by atoms with E-state index in [-0.39, 0.29) is 17.1 Å². The second kappa shape index (κ2) is 13.7. The summed E-state index contributed by atoms with van der Waals surface area (Å²) in [6, 6.07) is 22.1.